The van der Waals surface area contributed by atoms with Gasteiger partial charge in [-0.15, -0.1) is 0 Å². The largest absolute Gasteiger partial charge is 0.496 e. The third-order valence-electron chi connectivity index (χ3n) is 6.00. The maximum Gasteiger partial charge on any atom is 0.122 e. The van der Waals surface area contributed by atoms with Crippen LogP contribution in [-0.4, -0.2) is 59.9 Å². The van der Waals surface area contributed by atoms with Crippen molar-refractivity contribution in [3.8, 4) is 5.75 Å². The summed E-state index contributed by atoms with van der Waals surface area (Å²) in [6.07, 6.45) is 7.06. The van der Waals surface area contributed by atoms with E-state index in [2.05, 4.69) is 64.9 Å². The molecule has 2 heterocycles. The van der Waals surface area contributed by atoms with Gasteiger partial charge in [-0.1, -0.05) is 25.1 Å². The van der Waals surface area contributed by atoms with Crippen LogP contribution in [0.15, 0.2) is 30.5 Å². The van der Waals surface area contributed by atoms with Crippen LogP contribution in [0.5, 0.6) is 5.75 Å². The van der Waals surface area contributed by atoms with Gasteiger partial charge in [0.2, 0.25) is 0 Å². The number of hydrogen-bond donors (Lipinski definition) is 0. The topological polar surface area (TPSA) is 33.5 Å². The number of aryl methyl sites for hydroxylation is 2. The van der Waals surface area contributed by atoms with E-state index >= 15 is 0 Å². The molecule has 0 saturated carbocycles. The molecule has 29 heavy (non-hydrogen) atoms. The zero-order valence-corrected chi connectivity index (χ0v) is 18.7. The monoisotopic (exact) mass is 398 g/mol. The molecule has 2 aromatic rings. The average Bonchev–Trinajstić information content (AvgIpc) is 3.05. The Morgan fingerprint density at radius 1 is 1.21 bits per heavy atom. The molecule has 5 nitrogen and oxygen atoms in total. The second-order valence-corrected chi connectivity index (χ2v) is 8.57. The third-order valence-corrected chi connectivity index (χ3v) is 6.00. The van der Waals surface area contributed by atoms with Gasteiger partial charge in [-0.3, -0.25) is 4.68 Å². The number of benzene rings is 1. The Kier molecular flexibility index (Phi) is 8.13. The number of ether oxygens (including phenoxy) is 1. The van der Waals surface area contributed by atoms with Crippen molar-refractivity contribution >= 4 is 0 Å². The zero-order valence-electron chi connectivity index (χ0n) is 18.7. The first-order valence-electron chi connectivity index (χ1n) is 11.1. The molecular formula is C24H38N4O. The normalized spacial score (nSPS) is 17.8. The van der Waals surface area contributed by atoms with Gasteiger partial charge in [0.1, 0.15) is 5.75 Å². The number of likely N-dealkylation sites (tertiary alicyclic amines) is 1. The van der Waals surface area contributed by atoms with Crippen LogP contribution in [0.2, 0.25) is 0 Å². The van der Waals surface area contributed by atoms with Gasteiger partial charge >= 0.3 is 0 Å². The molecular weight excluding hydrogens is 360 g/mol. The van der Waals surface area contributed by atoms with E-state index in [1.807, 2.05) is 6.07 Å². The Hall–Kier alpha value is -1.85. The van der Waals surface area contributed by atoms with Crippen LogP contribution in [0.3, 0.4) is 0 Å². The summed E-state index contributed by atoms with van der Waals surface area (Å²) in [5, 5.41) is 4.65. The van der Waals surface area contributed by atoms with Crippen LogP contribution in [0.1, 0.15) is 43.0 Å². The first kappa shape index (κ1) is 21.8. The number of piperidine rings is 1. The lowest BCUT2D eigenvalue weighted by Gasteiger charge is -2.34. The lowest BCUT2D eigenvalue weighted by atomic mass is 9.97. The molecule has 0 bridgehead atoms. The van der Waals surface area contributed by atoms with Gasteiger partial charge in [0.15, 0.2) is 0 Å². The molecule has 0 unspecified atom stereocenters. The van der Waals surface area contributed by atoms with E-state index in [4.69, 9.17) is 4.74 Å². The van der Waals surface area contributed by atoms with E-state index in [9.17, 15) is 0 Å². The first-order chi connectivity index (χ1) is 14.1. The van der Waals surface area contributed by atoms with Crippen molar-refractivity contribution in [3.05, 3.63) is 47.3 Å². The molecule has 1 fully saturated rings. The Morgan fingerprint density at radius 3 is 2.83 bits per heavy atom. The molecule has 0 radical (unpaired) electrons. The molecule has 0 aliphatic carbocycles. The first-order valence-corrected chi connectivity index (χ1v) is 11.1. The number of para-hydroxylation sites is 1. The number of rotatable bonds is 10. The Labute approximate surface area is 176 Å². The van der Waals surface area contributed by atoms with Crippen LogP contribution < -0.4 is 4.74 Å². The minimum absolute atomic E-state index is 0.748. The summed E-state index contributed by atoms with van der Waals surface area (Å²) in [4.78, 5) is 5.12. The predicted octanol–water partition coefficient (Wildman–Crippen LogP) is 4.00. The fourth-order valence-electron chi connectivity index (χ4n) is 4.55. The molecule has 0 spiro atoms. The van der Waals surface area contributed by atoms with Gasteiger partial charge in [-0.2, -0.15) is 5.10 Å². The van der Waals surface area contributed by atoms with E-state index in [1.165, 1.54) is 42.8 Å². The van der Waals surface area contributed by atoms with Gasteiger partial charge in [0.25, 0.3) is 0 Å². The van der Waals surface area contributed by atoms with Crippen LogP contribution in [0.25, 0.3) is 0 Å². The molecule has 0 amide bonds. The zero-order chi connectivity index (χ0) is 20.6. The highest BCUT2D eigenvalue weighted by Gasteiger charge is 2.21. The Balaban J connectivity index is 1.47. The highest BCUT2D eigenvalue weighted by Crippen LogP contribution is 2.21. The van der Waals surface area contributed by atoms with E-state index < -0.39 is 0 Å². The molecule has 3 rings (SSSR count). The highest BCUT2D eigenvalue weighted by molar-refractivity contribution is 5.33. The molecule has 160 valence electrons. The molecule has 1 aromatic heterocycles. The summed E-state index contributed by atoms with van der Waals surface area (Å²) in [6.45, 7) is 11.0. The molecule has 1 aliphatic heterocycles. The summed E-state index contributed by atoms with van der Waals surface area (Å²) >= 11 is 0. The summed E-state index contributed by atoms with van der Waals surface area (Å²) in [5.74, 6) is 1.76. The minimum atomic E-state index is 0.748. The molecule has 1 saturated heterocycles. The molecule has 1 aromatic carbocycles. The van der Waals surface area contributed by atoms with Crippen LogP contribution in [0, 0.1) is 12.8 Å². The van der Waals surface area contributed by atoms with Crippen molar-refractivity contribution in [2.75, 3.05) is 40.3 Å². The van der Waals surface area contributed by atoms with Crippen LogP contribution in [-0.2, 0) is 19.5 Å². The van der Waals surface area contributed by atoms with Gasteiger partial charge < -0.3 is 14.5 Å². The summed E-state index contributed by atoms with van der Waals surface area (Å²) < 4.78 is 7.61. The second-order valence-electron chi connectivity index (χ2n) is 8.57. The van der Waals surface area contributed by atoms with Gasteiger partial charge in [0.05, 0.1) is 12.8 Å². The second kappa shape index (κ2) is 10.8. The highest BCUT2D eigenvalue weighted by atomic mass is 16.5. The van der Waals surface area contributed by atoms with Crippen molar-refractivity contribution in [1.29, 1.82) is 0 Å². The van der Waals surface area contributed by atoms with Crippen molar-refractivity contribution in [2.45, 2.75) is 52.6 Å². The van der Waals surface area contributed by atoms with Crippen LogP contribution in [0.4, 0.5) is 0 Å². The van der Waals surface area contributed by atoms with Crippen LogP contribution >= 0.6 is 0 Å². The molecule has 1 aliphatic rings. The van der Waals surface area contributed by atoms with E-state index in [-0.39, 0.29) is 0 Å². The molecule has 1 atom stereocenters. The average molecular weight is 399 g/mol. The minimum Gasteiger partial charge on any atom is -0.496 e. The standard InChI is InChI=1S/C24H38N4O/c1-5-13-28-19-23(20(2)25-28)18-26(3)16-21-9-8-14-27(17-21)15-12-22-10-6-7-11-24(22)29-4/h6-7,10-11,19,21H,5,8-9,12-18H2,1-4H3/t21-/m1/s1. The lowest BCUT2D eigenvalue weighted by molar-refractivity contribution is 0.142. The SMILES string of the molecule is CCCn1cc(CN(C)C[C@H]2CCCN(CCc3ccccc3OC)C2)c(C)n1. The summed E-state index contributed by atoms with van der Waals surface area (Å²) in [7, 11) is 4.02. The maximum absolute atomic E-state index is 5.51. The van der Waals surface area contributed by atoms with Crippen molar-refractivity contribution < 1.29 is 4.74 Å². The van der Waals surface area contributed by atoms with Crippen molar-refractivity contribution in [3.63, 3.8) is 0 Å². The van der Waals surface area contributed by atoms with E-state index in [0.29, 0.717) is 0 Å². The van der Waals surface area contributed by atoms with Gasteiger partial charge in [0, 0.05) is 44.5 Å². The van der Waals surface area contributed by atoms with Crippen molar-refractivity contribution in [1.82, 2.24) is 19.6 Å². The summed E-state index contributed by atoms with van der Waals surface area (Å²) in [5.41, 5.74) is 3.85. The quantitative estimate of drug-likeness (QED) is 0.606. The molecule has 5 heteroatoms. The van der Waals surface area contributed by atoms with Gasteiger partial charge in [-0.25, -0.2) is 0 Å². The Morgan fingerprint density at radius 2 is 2.03 bits per heavy atom. The molecule has 0 N–H and O–H groups in total. The van der Waals surface area contributed by atoms with Crippen molar-refractivity contribution in [2.24, 2.45) is 5.92 Å². The maximum atomic E-state index is 5.51. The lowest BCUT2D eigenvalue weighted by Crippen LogP contribution is -2.40. The third kappa shape index (κ3) is 6.31. The number of hydrogen-bond acceptors (Lipinski definition) is 4. The number of methoxy groups -OCH3 is 1. The fraction of sp³-hybridized carbons (Fsp3) is 0.625. The summed E-state index contributed by atoms with van der Waals surface area (Å²) in [6, 6.07) is 8.41. The van der Waals surface area contributed by atoms with Gasteiger partial charge in [-0.05, 0) is 63.7 Å². The number of aromatic nitrogens is 2. The smallest absolute Gasteiger partial charge is 0.122 e. The fourth-order valence-corrected chi connectivity index (χ4v) is 4.55. The van der Waals surface area contributed by atoms with E-state index in [1.54, 1.807) is 7.11 Å². The predicted molar refractivity (Wildman–Crippen MR) is 119 cm³/mol. The number of nitrogens with zero attached hydrogens (tertiary/aromatic N) is 4. The Bertz CT molecular complexity index is 757. The van der Waals surface area contributed by atoms with E-state index in [0.717, 1.165) is 50.7 Å².